The Hall–Kier alpha value is -1.30. The van der Waals surface area contributed by atoms with Crippen molar-refractivity contribution < 1.29 is 22.3 Å². The maximum atomic E-state index is 12.7. The number of nitrogens with one attached hydrogen (secondary N) is 1. The van der Waals surface area contributed by atoms with E-state index in [0.717, 1.165) is 11.3 Å². The number of hydrogen-bond donors (Lipinski definition) is 1. The quantitative estimate of drug-likeness (QED) is 0.825. The summed E-state index contributed by atoms with van der Waals surface area (Å²) in [5, 5.41) is 2.38. The summed E-state index contributed by atoms with van der Waals surface area (Å²) in [6, 6.07) is 7.29. The van der Waals surface area contributed by atoms with Crippen LogP contribution in [0.25, 0.3) is 0 Å². The SMILES string of the molecule is FC(F)C(F)(F)CNCC1COc2ccccc21. The average Bonchev–Trinajstić information content (AvgIpc) is 2.72. The first-order chi connectivity index (χ1) is 8.50. The zero-order valence-electron chi connectivity index (χ0n) is 9.51. The fourth-order valence-electron chi connectivity index (χ4n) is 1.89. The Morgan fingerprint density at radius 1 is 1.33 bits per heavy atom. The predicted molar refractivity (Wildman–Crippen MR) is 58.5 cm³/mol. The lowest BCUT2D eigenvalue weighted by Crippen LogP contribution is -2.40. The molecule has 0 aliphatic carbocycles. The van der Waals surface area contributed by atoms with E-state index in [1.165, 1.54) is 0 Å². The normalized spacial score (nSPS) is 18.8. The first-order valence-corrected chi connectivity index (χ1v) is 5.59. The molecule has 1 N–H and O–H groups in total. The molecule has 1 unspecified atom stereocenters. The zero-order valence-corrected chi connectivity index (χ0v) is 9.51. The highest BCUT2D eigenvalue weighted by Gasteiger charge is 2.40. The molecule has 0 radical (unpaired) electrons. The molecule has 0 fully saturated rings. The summed E-state index contributed by atoms with van der Waals surface area (Å²) in [5.74, 6) is -3.33. The topological polar surface area (TPSA) is 21.3 Å². The number of benzene rings is 1. The molecule has 0 saturated carbocycles. The van der Waals surface area contributed by atoms with E-state index < -0.39 is 18.9 Å². The van der Waals surface area contributed by atoms with Gasteiger partial charge in [-0.1, -0.05) is 18.2 Å². The van der Waals surface area contributed by atoms with Gasteiger partial charge in [-0.25, -0.2) is 8.78 Å². The summed E-state index contributed by atoms with van der Waals surface area (Å²) >= 11 is 0. The van der Waals surface area contributed by atoms with Crippen LogP contribution >= 0.6 is 0 Å². The standard InChI is InChI=1S/C12H13F4NO/c13-11(14)12(15,16)7-17-5-8-6-18-10-4-2-1-3-9(8)10/h1-4,8,11,17H,5-7H2. The molecule has 0 bridgehead atoms. The molecule has 1 atom stereocenters. The Labute approximate surface area is 102 Å². The van der Waals surface area contributed by atoms with E-state index in [-0.39, 0.29) is 12.5 Å². The maximum absolute atomic E-state index is 12.7. The molecule has 1 aliphatic heterocycles. The molecule has 0 spiro atoms. The maximum Gasteiger partial charge on any atom is 0.319 e. The van der Waals surface area contributed by atoms with Gasteiger partial charge in [0, 0.05) is 18.0 Å². The van der Waals surface area contributed by atoms with Crippen molar-refractivity contribution in [3.8, 4) is 5.75 Å². The Morgan fingerprint density at radius 2 is 2.06 bits per heavy atom. The fraction of sp³-hybridized carbons (Fsp3) is 0.500. The summed E-state index contributed by atoms with van der Waals surface area (Å²) in [4.78, 5) is 0. The van der Waals surface area contributed by atoms with Gasteiger partial charge < -0.3 is 10.1 Å². The highest BCUT2D eigenvalue weighted by molar-refractivity contribution is 5.39. The van der Waals surface area contributed by atoms with Gasteiger partial charge in [-0.15, -0.1) is 0 Å². The first kappa shape index (κ1) is 13.1. The molecule has 6 heteroatoms. The van der Waals surface area contributed by atoms with Gasteiger partial charge in [-0.05, 0) is 6.07 Å². The van der Waals surface area contributed by atoms with Crippen molar-refractivity contribution in [1.29, 1.82) is 0 Å². The molecule has 1 aromatic rings. The van der Waals surface area contributed by atoms with E-state index in [4.69, 9.17) is 4.74 Å². The third kappa shape index (κ3) is 2.75. The van der Waals surface area contributed by atoms with Gasteiger partial charge in [0.2, 0.25) is 0 Å². The predicted octanol–water partition coefficient (Wildman–Crippen LogP) is 2.65. The number of para-hydroxylation sites is 1. The van der Waals surface area contributed by atoms with Crippen LogP contribution < -0.4 is 10.1 Å². The second-order valence-electron chi connectivity index (χ2n) is 4.24. The number of fused-ring (bicyclic) bond motifs is 1. The molecule has 2 rings (SSSR count). The van der Waals surface area contributed by atoms with Crippen molar-refractivity contribution >= 4 is 0 Å². The van der Waals surface area contributed by atoms with Crippen molar-refractivity contribution in [3.05, 3.63) is 29.8 Å². The summed E-state index contributed by atoms with van der Waals surface area (Å²) < 4.78 is 54.6. The van der Waals surface area contributed by atoms with Crippen LogP contribution in [0.3, 0.4) is 0 Å². The minimum atomic E-state index is -3.99. The van der Waals surface area contributed by atoms with Crippen LogP contribution in [0, 0.1) is 0 Å². The molecule has 1 heterocycles. The van der Waals surface area contributed by atoms with Gasteiger partial charge in [0.05, 0.1) is 13.2 Å². The highest BCUT2D eigenvalue weighted by atomic mass is 19.3. The van der Waals surface area contributed by atoms with E-state index in [1.54, 1.807) is 6.07 Å². The Bertz CT molecular complexity index is 411. The number of hydrogen-bond acceptors (Lipinski definition) is 2. The lowest BCUT2D eigenvalue weighted by Gasteiger charge is -2.17. The van der Waals surface area contributed by atoms with Crippen molar-refractivity contribution in [2.24, 2.45) is 0 Å². The van der Waals surface area contributed by atoms with Gasteiger partial charge in [0.25, 0.3) is 0 Å². The van der Waals surface area contributed by atoms with E-state index in [9.17, 15) is 17.6 Å². The van der Waals surface area contributed by atoms with E-state index in [0.29, 0.717) is 6.61 Å². The third-order valence-corrected chi connectivity index (χ3v) is 2.87. The lowest BCUT2D eigenvalue weighted by atomic mass is 10.0. The number of ether oxygens (including phenoxy) is 1. The summed E-state index contributed by atoms with van der Waals surface area (Å²) in [6.07, 6.45) is -3.64. The molecule has 2 nitrogen and oxygen atoms in total. The highest BCUT2D eigenvalue weighted by Crippen LogP contribution is 2.33. The van der Waals surface area contributed by atoms with Crippen LogP contribution in [-0.4, -0.2) is 32.0 Å². The largest absolute Gasteiger partial charge is 0.493 e. The molecule has 1 aromatic carbocycles. The van der Waals surface area contributed by atoms with Crippen LogP contribution in [0.15, 0.2) is 24.3 Å². The van der Waals surface area contributed by atoms with Crippen LogP contribution in [0.1, 0.15) is 11.5 Å². The minimum absolute atomic E-state index is 0.0744. The molecule has 0 aromatic heterocycles. The van der Waals surface area contributed by atoms with Crippen molar-refractivity contribution in [1.82, 2.24) is 5.32 Å². The van der Waals surface area contributed by atoms with Crippen molar-refractivity contribution in [2.45, 2.75) is 18.3 Å². The van der Waals surface area contributed by atoms with Crippen LogP contribution in [0.2, 0.25) is 0 Å². The second-order valence-corrected chi connectivity index (χ2v) is 4.24. The summed E-state index contributed by atoms with van der Waals surface area (Å²) in [6.45, 7) is -0.449. The molecule has 18 heavy (non-hydrogen) atoms. The monoisotopic (exact) mass is 263 g/mol. The van der Waals surface area contributed by atoms with E-state index in [2.05, 4.69) is 5.32 Å². The molecule has 0 amide bonds. The smallest absolute Gasteiger partial charge is 0.319 e. The van der Waals surface area contributed by atoms with Gasteiger partial charge >= 0.3 is 12.3 Å². The molecule has 0 saturated heterocycles. The van der Waals surface area contributed by atoms with Crippen LogP contribution in [0.4, 0.5) is 17.6 Å². The Morgan fingerprint density at radius 3 is 2.78 bits per heavy atom. The van der Waals surface area contributed by atoms with Gasteiger partial charge in [-0.2, -0.15) is 8.78 Å². The van der Waals surface area contributed by atoms with Crippen molar-refractivity contribution in [2.75, 3.05) is 19.7 Å². The molecule has 100 valence electrons. The van der Waals surface area contributed by atoms with E-state index in [1.807, 2.05) is 18.2 Å². The van der Waals surface area contributed by atoms with Gasteiger partial charge in [0.1, 0.15) is 5.75 Å². The van der Waals surface area contributed by atoms with Crippen molar-refractivity contribution in [3.63, 3.8) is 0 Å². The van der Waals surface area contributed by atoms with Gasteiger partial charge in [-0.3, -0.25) is 0 Å². The first-order valence-electron chi connectivity index (χ1n) is 5.59. The fourth-order valence-corrected chi connectivity index (χ4v) is 1.89. The van der Waals surface area contributed by atoms with Crippen LogP contribution in [-0.2, 0) is 0 Å². The number of rotatable bonds is 5. The molecular weight excluding hydrogens is 250 g/mol. The van der Waals surface area contributed by atoms with E-state index >= 15 is 0 Å². The number of alkyl halides is 4. The second kappa shape index (κ2) is 5.14. The Kier molecular flexibility index (Phi) is 3.75. The molecule has 1 aliphatic rings. The van der Waals surface area contributed by atoms with Crippen LogP contribution in [0.5, 0.6) is 5.75 Å². The molecular formula is C12H13F4NO. The summed E-state index contributed by atoms with van der Waals surface area (Å²) in [7, 11) is 0. The Balaban J connectivity index is 1.86. The zero-order chi connectivity index (χ0) is 13.2. The summed E-state index contributed by atoms with van der Waals surface area (Å²) in [5.41, 5.74) is 0.922. The van der Waals surface area contributed by atoms with Gasteiger partial charge in [0.15, 0.2) is 0 Å². The third-order valence-electron chi connectivity index (χ3n) is 2.87. The lowest BCUT2D eigenvalue weighted by molar-refractivity contribution is -0.125. The minimum Gasteiger partial charge on any atom is -0.493 e. The number of halogens is 4. The average molecular weight is 263 g/mol.